The highest BCUT2D eigenvalue weighted by atomic mass is 16.4. The summed E-state index contributed by atoms with van der Waals surface area (Å²) >= 11 is 0. The maximum atomic E-state index is 11.9. The van der Waals surface area contributed by atoms with E-state index >= 15 is 0 Å². The van der Waals surface area contributed by atoms with Crippen molar-refractivity contribution in [3.63, 3.8) is 0 Å². The van der Waals surface area contributed by atoms with Gasteiger partial charge in [0.1, 0.15) is 5.54 Å². The molecule has 1 amide bonds. The monoisotopic (exact) mass is 275 g/mol. The van der Waals surface area contributed by atoms with Crippen LogP contribution in [0.25, 0.3) is 0 Å². The Hall–Kier alpha value is -1.50. The Morgan fingerprint density at radius 1 is 1.20 bits per heavy atom. The van der Waals surface area contributed by atoms with E-state index in [4.69, 9.17) is 6.42 Å². The second-order valence-corrected chi connectivity index (χ2v) is 7.23. The summed E-state index contributed by atoms with van der Waals surface area (Å²) in [5, 5.41) is 12.4. The van der Waals surface area contributed by atoms with Gasteiger partial charge in [-0.3, -0.25) is 4.79 Å². The molecule has 0 aliphatic heterocycles. The lowest BCUT2D eigenvalue weighted by Gasteiger charge is -2.61. The normalized spacial score (nSPS) is 40.7. The second-order valence-electron chi connectivity index (χ2n) is 7.23. The summed E-state index contributed by atoms with van der Waals surface area (Å²) in [7, 11) is 0. The molecule has 0 aromatic rings. The number of terminal acetylenes is 1. The number of carboxylic acid groups (broad SMARTS) is 1. The van der Waals surface area contributed by atoms with E-state index in [-0.39, 0.29) is 5.41 Å². The molecule has 1 atom stereocenters. The molecule has 0 heterocycles. The van der Waals surface area contributed by atoms with Crippen LogP contribution in [-0.4, -0.2) is 22.5 Å². The fraction of sp³-hybridized carbons (Fsp3) is 0.750. The second kappa shape index (κ2) is 4.25. The number of carbonyl (C=O) groups excluding carboxylic acids is 1. The fourth-order valence-electron chi connectivity index (χ4n) is 5.40. The predicted molar refractivity (Wildman–Crippen MR) is 73.6 cm³/mol. The Bertz CT molecular complexity index is 469. The van der Waals surface area contributed by atoms with E-state index in [0.717, 1.165) is 19.3 Å². The number of amides is 1. The number of carbonyl (C=O) groups is 2. The zero-order chi connectivity index (χ0) is 14.5. The van der Waals surface area contributed by atoms with E-state index < -0.39 is 17.4 Å². The average Bonchev–Trinajstić information content (AvgIpc) is 2.36. The molecule has 4 aliphatic carbocycles. The minimum absolute atomic E-state index is 0.319. The fourth-order valence-corrected chi connectivity index (χ4v) is 5.40. The molecular formula is C16H21NO3. The number of nitrogens with one attached hydrogen (secondary N) is 1. The largest absolute Gasteiger partial charge is 0.479 e. The van der Waals surface area contributed by atoms with Crippen molar-refractivity contribution < 1.29 is 14.7 Å². The lowest BCUT2D eigenvalue weighted by molar-refractivity contribution is -0.166. The molecule has 4 fully saturated rings. The molecule has 108 valence electrons. The van der Waals surface area contributed by atoms with Gasteiger partial charge in [0, 0.05) is 5.41 Å². The van der Waals surface area contributed by atoms with Crippen molar-refractivity contribution in [3.8, 4) is 12.3 Å². The van der Waals surface area contributed by atoms with Crippen LogP contribution in [-0.2, 0) is 9.59 Å². The lowest BCUT2D eigenvalue weighted by atomic mass is 9.45. The summed E-state index contributed by atoms with van der Waals surface area (Å²) < 4.78 is 0. The van der Waals surface area contributed by atoms with E-state index in [1.54, 1.807) is 6.92 Å². The molecule has 4 bridgehead atoms. The summed E-state index contributed by atoms with van der Waals surface area (Å²) in [5.74, 6) is 2.30. The van der Waals surface area contributed by atoms with Crippen LogP contribution in [0.5, 0.6) is 0 Å². The highest BCUT2D eigenvalue weighted by Crippen LogP contribution is 2.63. The van der Waals surface area contributed by atoms with Gasteiger partial charge in [0.2, 0.25) is 0 Å². The third-order valence-corrected chi connectivity index (χ3v) is 6.02. The molecule has 4 heteroatoms. The molecular weight excluding hydrogens is 254 g/mol. The molecule has 0 saturated heterocycles. The number of hydrogen-bond donors (Lipinski definition) is 2. The van der Waals surface area contributed by atoms with Crippen LogP contribution in [0.1, 0.15) is 45.4 Å². The minimum Gasteiger partial charge on any atom is -0.479 e. The third-order valence-electron chi connectivity index (χ3n) is 6.02. The van der Waals surface area contributed by atoms with Gasteiger partial charge in [-0.05, 0) is 69.1 Å². The van der Waals surface area contributed by atoms with Crippen LogP contribution in [0.2, 0.25) is 0 Å². The molecule has 4 saturated carbocycles. The Morgan fingerprint density at radius 3 is 2.00 bits per heavy atom. The highest BCUT2D eigenvalue weighted by Gasteiger charge is 2.62. The first-order valence-electron chi connectivity index (χ1n) is 7.41. The maximum absolute atomic E-state index is 11.9. The first-order chi connectivity index (χ1) is 9.38. The van der Waals surface area contributed by atoms with Crippen molar-refractivity contribution in [2.45, 2.75) is 51.0 Å². The van der Waals surface area contributed by atoms with Gasteiger partial charge < -0.3 is 10.4 Å². The summed E-state index contributed by atoms with van der Waals surface area (Å²) in [6, 6.07) is 0. The Morgan fingerprint density at radius 2 is 1.65 bits per heavy atom. The summed E-state index contributed by atoms with van der Waals surface area (Å²) in [4.78, 5) is 23.5. The van der Waals surface area contributed by atoms with Gasteiger partial charge in [-0.25, -0.2) is 4.79 Å². The maximum Gasteiger partial charge on any atom is 0.329 e. The van der Waals surface area contributed by atoms with Crippen molar-refractivity contribution in [1.82, 2.24) is 5.32 Å². The average molecular weight is 275 g/mol. The summed E-state index contributed by atoms with van der Waals surface area (Å²) in [5.41, 5.74) is -1.56. The molecule has 2 N–H and O–H groups in total. The van der Waals surface area contributed by atoms with Gasteiger partial charge in [-0.1, -0.05) is 0 Å². The van der Waals surface area contributed by atoms with Gasteiger partial charge in [0.25, 0.3) is 5.91 Å². The van der Waals surface area contributed by atoms with Crippen LogP contribution in [0.4, 0.5) is 0 Å². The van der Waals surface area contributed by atoms with Gasteiger partial charge in [0.05, 0.1) is 0 Å². The zero-order valence-corrected chi connectivity index (χ0v) is 11.8. The first kappa shape index (κ1) is 13.5. The van der Waals surface area contributed by atoms with Gasteiger partial charge in [0.15, 0.2) is 0 Å². The van der Waals surface area contributed by atoms with E-state index in [9.17, 15) is 14.7 Å². The van der Waals surface area contributed by atoms with Crippen molar-refractivity contribution in [2.24, 2.45) is 23.2 Å². The molecule has 0 aromatic carbocycles. The minimum atomic E-state index is -1.24. The molecule has 0 aromatic heterocycles. The van der Waals surface area contributed by atoms with Crippen molar-refractivity contribution in [1.29, 1.82) is 0 Å². The third kappa shape index (κ3) is 1.76. The quantitative estimate of drug-likeness (QED) is 0.772. The van der Waals surface area contributed by atoms with E-state index in [2.05, 4.69) is 5.32 Å². The molecule has 4 aliphatic rings. The predicted octanol–water partition coefficient (Wildman–Crippen LogP) is 1.80. The van der Waals surface area contributed by atoms with Gasteiger partial charge in [-0.2, -0.15) is 0 Å². The number of rotatable bonds is 3. The van der Waals surface area contributed by atoms with Crippen LogP contribution < -0.4 is 5.32 Å². The van der Waals surface area contributed by atoms with Crippen molar-refractivity contribution >= 4 is 11.9 Å². The summed E-state index contributed by atoms with van der Waals surface area (Å²) in [6.07, 6.45) is 11.5. The van der Waals surface area contributed by atoms with Gasteiger partial charge in [-0.15, -0.1) is 6.42 Å². The highest BCUT2D eigenvalue weighted by molar-refractivity contribution is 5.97. The van der Waals surface area contributed by atoms with Crippen LogP contribution in [0.3, 0.4) is 0 Å². The van der Waals surface area contributed by atoms with E-state index in [1.807, 2.05) is 5.92 Å². The van der Waals surface area contributed by atoms with Crippen molar-refractivity contribution in [2.75, 3.05) is 0 Å². The topological polar surface area (TPSA) is 66.4 Å². The Kier molecular flexibility index (Phi) is 2.86. The van der Waals surface area contributed by atoms with E-state index in [0.29, 0.717) is 17.8 Å². The van der Waals surface area contributed by atoms with Crippen LogP contribution in [0, 0.1) is 35.5 Å². The summed E-state index contributed by atoms with van der Waals surface area (Å²) in [6.45, 7) is 1.65. The Labute approximate surface area is 119 Å². The van der Waals surface area contributed by atoms with E-state index in [1.165, 1.54) is 19.3 Å². The number of carboxylic acids is 1. The Balaban J connectivity index is 1.97. The van der Waals surface area contributed by atoms with Crippen molar-refractivity contribution in [3.05, 3.63) is 0 Å². The molecule has 20 heavy (non-hydrogen) atoms. The SMILES string of the molecule is C#CC(=O)NC(C)(C(=O)O)C12CC3CC(CC(C3)C1)C2. The van der Waals surface area contributed by atoms with Gasteiger partial charge >= 0.3 is 5.97 Å². The smallest absolute Gasteiger partial charge is 0.329 e. The number of hydrogen-bond acceptors (Lipinski definition) is 2. The van der Waals surface area contributed by atoms with Crippen LogP contribution in [0.15, 0.2) is 0 Å². The zero-order valence-electron chi connectivity index (χ0n) is 11.8. The molecule has 0 spiro atoms. The molecule has 1 unspecified atom stereocenters. The molecule has 4 rings (SSSR count). The first-order valence-corrected chi connectivity index (χ1v) is 7.41. The number of aliphatic carboxylic acids is 1. The molecule has 4 nitrogen and oxygen atoms in total. The molecule has 0 radical (unpaired) electrons. The standard InChI is InChI=1S/C16H21NO3/c1-3-13(18)17-15(2,14(19)20)16-7-10-4-11(8-16)6-12(5-10)9-16/h1,10-12H,4-9H2,2H3,(H,17,18)(H,19,20). The lowest BCUT2D eigenvalue weighted by Crippen LogP contribution is -2.67. The van der Waals surface area contributed by atoms with Crippen LogP contribution >= 0.6 is 0 Å².